The number of unbranched alkanes of at least 4 members (excludes halogenated alkanes) is 35. The molecule has 0 spiro atoms. The van der Waals surface area contributed by atoms with Gasteiger partial charge in [0.15, 0.2) is 12.2 Å². The number of rotatable bonds is 71. The molecule has 0 rings (SSSR count). The molecule has 0 aliphatic rings. The minimum Gasteiger partial charge on any atom is -0.462 e. The first-order valence-electron chi connectivity index (χ1n) is 37.5. The molecule has 0 bridgehead atoms. The Balaban J connectivity index is 5.33. The fourth-order valence-electron chi connectivity index (χ4n) is 10.3. The van der Waals surface area contributed by atoms with Crippen molar-refractivity contribution in [3.05, 3.63) is 60.8 Å². The van der Waals surface area contributed by atoms with E-state index in [0.29, 0.717) is 32.1 Å². The average Bonchev–Trinajstić information content (AvgIpc) is 1.29. The van der Waals surface area contributed by atoms with Crippen molar-refractivity contribution in [2.24, 2.45) is 0 Å². The highest BCUT2D eigenvalue weighted by atomic mass is 31.2. The number of esters is 4. The SMILES string of the molecule is CC/C=C\C/C=C\C/C=C\C/C=C\C/C=C\CCCC(=O)OCC(COP(=O)(O)OCC(O)COP(=O)(O)OCC(COC(=O)CCCCCCCCCCCCC)OC(=O)CCCCCCCCCCCCC)OC(=O)CCCCCCCCCCCCCCCCC. The van der Waals surface area contributed by atoms with Gasteiger partial charge in [0.2, 0.25) is 0 Å². The zero-order valence-corrected chi connectivity index (χ0v) is 61.4. The summed E-state index contributed by atoms with van der Waals surface area (Å²) in [5.74, 6) is -2.21. The Morgan fingerprint density at radius 3 is 0.851 bits per heavy atom. The van der Waals surface area contributed by atoms with Crippen LogP contribution in [0.3, 0.4) is 0 Å². The number of hydrogen-bond acceptors (Lipinski definition) is 15. The van der Waals surface area contributed by atoms with Crippen LogP contribution in [0.4, 0.5) is 0 Å². The minimum absolute atomic E-state index is 0.0881. The maximum Gasteiger partial charge on any atom is 0.472 e. The molecule has 94 heavy (non-hydrogen) atoms. The molecular formula is C75H136O17P2. The molecule has 5 unspecified atom stereocenters. The molecule has 548 valence electrons. The number of aliphatic hydroxyl groups is 1. The van der Waals surface area contributed by atoms with Gasteiger partial charge in [-0.25, -0.2) is 9.13 Å². The lowest BCUT2D eigenvalue weighted by Crippen LogP contribution is -2.30. The molecule has 0 heterocycles. The largest absolute Gasteiger partial charge is 0.472 e. The van der Waals surface area contributed by atoms with Gasteiger partial charge in [0.1, 0.15) is 19.3 Å². The molecule has 0 aromatic rings. The molecule has 0 saturated carbocycles. The highest BCUT2D eigenvalue weighted by Crippen LogP contribution is 2.45. The summed E-state index contributed by atoms with van der Waals surface area (Å²) < 4.78 is 68.3. The third-order valence-electron chi connectivity index (χ3n) is 16.0. The van der Waals surface area contributed by atoms with Gasteiger partial charge in [-0.15, -0.1) is 0 Å². The number of aliphatic hydroxyl groups excluding tert-OH is 1. The Morgan fingerprint density at radius 1 is 0.309 bits per heavy atom. The fourth-order valence-corrected chi connectivity index (χ4v) is 11.9. The van der Waals surface area contributed by atoms with Crippen molar-refractivity contribution in [1.29, 1.82) is 0 Å². The summed E-state index contributed by atoms with van der Waals surface area (Å²) in [6.07, 6.45) is 65.1. The van der Waals surface area contributed by atoms with E-state index in [2.05, 4.69) is 76.3 Å². The van der Waals surface area contributed by atoms with Gasteiger partial charge in [-0.1, -0.05) is 307 Å². The van der Waals surface area contributed by atoms with Gasteiger partial charge in [-0.05, 0) is 64.2 Å². The van der Waals surface area contributed by atoms with Crippen molar-refractivity contribution >= 4 is 39.5 Å². The van der Waals surface area contributed by atoms with Gasteiger partial charge in [0.25, 0.3) is 0 Å². The Hall–Kier alpha value is -3.24. The van der Waals surface area contributed by atoms with Gasteiger partial charge in [-0.2, -0.15) is 0 Å². The van der Waals surface area contributed by atoms with Crippen LogP contribution in [0.1, 0.15) is 336 Å². The first kappa shape index (κ1) is 90.8. The second-order valence-electron chi connectivity index (χ2n) is 25.2. The zero-order chi connectivity index (χ0) is 69.0. The lowest BCUT2D eigenvalue weighted by molar-refractivity contribution is -0.161. The predicted molar refractivity (Wildman–Crippen MR) is 381 cm³/mol. The van der Waals surface area contributed by atoms with Gasteiger partial charge >= 0.3 is 39.5 Å². The van der Waals surface area contributed by atoms with E-state index in [-0.39, 0.29) is 25.7 Å². The van der Waals surface area contributed by atoms with Crippen molar-refractivity contribution in [2.75, 3.05) is 39.6 Å². The Kier molecular flexibility index (Phi) is 65.9. The lowest BCUT2D eigenvalue weighted by atomic mass is 10.0. The summed E-state index contributed by atoms with van der Waals surface area (Å²) in [4.78, 5) is 72.6. The minimum atomic E-state index is -4.97. The van der Waals surface area contributed by atoms with E-state index in [4.69, 9.17) is 37.0 Å². The maximum atomic E-state index is 13.1. The van der Waals surface area contributed by atoms with Crippen molar-refractivity contribution in [3.63, 3.8) is 0 Å². The number of carbonyl (C=O) groups excluding carboxylic acids is 4. The monoisotopic (exact) mass is 1370 g/mol. The quantitative estimate of drug-likeness (QED) is 0.0169. The van der Waals surface area contributed by atoms with Gasteiger partial charge in [0, 0.05) is 25.7 Å². The molecule has 0 radical (unpaired) electrons. The summed E-state index contributed by atoms with van der Waals surface area (Å²) >= 11 is 0. The molecule has 17 nitrogen and oxygen atoms in total. The van der Waals surface area contributed by atoms with Gasteiger partial charge < -0.3 is 33.8 Å². The van der Waals surface area contributed by atoms with E-state index in [1.807, 2.05) is 12.2 Å². The zero-order valence-electron chi connectivity index (χ0n) is 59.6. The second kappa shape index (κ2) is 68.3. The van der Waals surface area contributed by atoms with E-state index < -0.39 is 97.5 Å². The smallest absolute Gasteiger partial charge is 0.462 e. The summed E-state index contributed by atoms with van der Waals surface area (Å²) in [6.45, 7) is 4.73. The highest BCUT2D eigenvalue weighted by molar-refractivity contribution is 7.47. The van der Waals surface area contributed by atoms with Crippen molar-refractivity contribution in [1.82, 2.24) is 0 Å². The molecule has 0 aliphatic carbocycles. The third-order valence-corrected chi connectivity index (χ3v) is 17.9. The molecule has 0 fully saturated rings. The Bertz CT molecular complexity index is 2030. The van der Waals surface area contributed by atoms with Gasteiger partial charge in [0.05, 0.1) is 26.4 Å². The predicted octanol–water partition coefficient (Wildman–Crippen LogP) is 21.1. The first-order chi connectivity index (χ1) is 45.7. The normalized spacial score (nSPS) is 14.3. The van der Waals surface area contributed by atoms with Crippen LogP contribution in [0.5, 0.6) is 0 Å². The van der Waals surface area contributed by atoms with Crippen LogP contribution in [0, 0.1) is 0 Å². The molecule has 5 atom stereocenters. The van der Waals surface area contributed by atoms with Crippen LogP contribution in [0.2, 0.25) is 0 Å². The average molecular weight is 1370 g/mol. The molecule has 0 saturated heterocycles. The first-order valence-corrected chi connectivity index (χ1v) is 40.5. The summed E-state index contributed by atoms with van der Waals surface area (Å²) in [7, 11) is -9.93. The second-order valence-corrected chi connectivity index (χ2v) is 28.1. The number of carbonyl (C=O) groups is 4. The van der Waals surface area contributed by atoms with Crippen molar-refractivity contribution in [2.45, 2.75) is 354 Å². The Labute approximate surface area is 571 Å². The van der Waals surface area contributed by atoms with E-state index >= 15 is 0 Å². The van der Waals surface area contributed by atoms with Crippen molar-refractivity contribution < 1.29 is 80.2 Å². The molecule has 3 N–H and O–H groups in total. The van der Waals surface area contributed by atoms with Gasteiger partial charge in [-0.3, -0.25) is 37.3 Å². The number of ether oxygens (including phenoxy) is 4. The van der Waals surface area contributed by atoms with E-state index in [0.717, 1.165) is 103 Å². The topological polar surface area (TPSA) is 237 Å². The maximum absolute atomic E-state index is 13.1. The van der Waals surface area contributed by atoms with Crippen LogP contribution in [0.25, 0.3) is 0 Å². The Morgan fingerprint density at radius 2 is 0.553 bits per heavy atom. The van der Waals surface area contributed by atoms with Crippen LogP contribution in [-0.4, -0.2) is 96.7 Å². The van der Waals surface area contributed by atoms with Crippen LogP contribution in [0.15, 0.2) is 60.8 Å². The van der Waals surface area contributed by atoms with E-state index in [1.54, 1.807) is 0 Å². The molecule has 0 aromatic heterocycles. The number of phosphoric ester groups is 2. The number of allylic oxidation sites excluding steroid dienone is 10. The summed E-state index contributed by atoms with van der Waals surface area (Å²) in [5, 5.41) is 10.6. The van der Waals surface area contributed by atoms with Crippen LogP contribution >= 0.6 is 15.6 Å². The van der Waals surface area contributed by atoms with E-state index in [9.17, 15) is 43.2 Å². The van der Waals surface area contributed by atoms with Crippen molar-refractivity contribution in [3.8, 4) is 0 Å². The number of hydrogen-bond donors (Lipinski definition) is 3. The summed E-state index contributed by atoms with van der Waals surface area (Å²) in [5.41, 5.74) is 0. The third kappa shape index (κ3) is 67.3. The summed E-state index contributed by atoms with van der Waals surface area (Å²) in [6, 6.07) is 0. The lowest BCUT2D eigenvalue weighted by Gasteiger charge is -2.21. The highest BCUT2D eigenvalue weighted by Gasteiger charge is 2.30. The molecule has 19 heteroatoms. The number of phosphoric acid groups is 2. The molecule has 0 aliphatic heterocycles. The molecule has 0 aromatic carbocycles. The molecular weight excluding hydrogens is 1230 g/mol. The standard InChI is InChI=1S/C75H136O17P2/c1-5-9-13-17-21-25-29-31-33-34-36-37-41-44-48-52-56-60-73(78)86-66-71(92-75(80)62-58-54-50-46-42-38-35-32-30-26-22-18-14-10-6-2)68-90-94(83,84)88-64-69(76)63-87-93(81,82)89-67-70(91-74(79)61-57-53-49-45-40-28-24-20-16-12-8-4)65-85-72(77)59-55-51-47-43-39-27-23-19-15-11-7-3/h9,13,21,25,31,33,36-37,44,48,69-71,76H,5-8,10-12,14-20,22-24,26-30,32,34-35,38-43,45-47,49-68H2,1-4H3,(H,81,82)(H,83,84)/b13-9-,25-21-,33-31-,37-36-,48-44-. The fraction of sp³-hybridized carbons (Fsp3) is 0.813. The molecule has 0 amide bonds. The van der Waals surface area contributed by atoms with Crippen LogP contribution < -0.4 is 0 Å². The van der Waals surface area contributed by atoms with Crippen LogP contribution in [-0.2, 0) is 65.4 Å². The van der Waals surface area contributed by atoms with E-state index in [1.165, 1.54) is 148 Å².